The molecule has 0 radical (unpaired) electrons. The number of carbonyl (C=O) groups excluding carboxylic acids is 2. The van der Waals surface area contributed by atoms with E-state index >= 15 is 0 Å². The third-order valence-electron chi connectivity index (χ3n) is 5.86. The summed E-state index contributed by atoms with van der Waals surface area (Å²) in [5, 5.41) is 20.8. The van der Waals surface area contributed by atoms with E-state index in [4.69, 9.17) is 14.4 Å². The fourth-order valence-electron chi connectivity index (χ4n) is 4.25. The molecule has 0 spiro atoms. The zero-order chi connectivity index (χ0) is 24.7. The number of Topliss-reactive ketones (excluding diaryl/α,β-unsaturated/α-hetero) is 1. The van der Waals surface area contributed by atoms with E-state index < -0.39 is 23.5 Å². The number of furan rings is 1. The predicted molar refractivity (Wildman–Crippen MR) is 132 cm³/mol. The maximum Gasteiger partial charge on any atom is 0.294 e. The third-order valence-corrected chi connectivity index (χ3v) is 6.36. The van der Waals surface area contributed by atoms with Gasteiger partial charge in [0.05, 0.1) is 30.4 Å². The van der Waals surface area contributed by atoms with Crippen LogP contribution < -0.4 is 9.64 Å². The molecule has 8 heteroatoms. The molecule has 3 aromatic carbocycles. The van der Waals surface area contributed by atoms with Gasteiger partial charge in [0.15, 0.2) is 11.5 Å². The van der Waals surface area contributed by atoms with E-state index in [2.05, 4.69) is 15.9 Å². The van der Waals surface area contributed by atoms with Crippen LogP contribution in [0.3, 0.4) is 0 Å². The Bertz CT molecular complexity index is 1560. The molecule has 1 amide bonds. The maximum atomic E-state index is 13.7. The first-order valence-electron chi connectivity index (χ1n) is 10.6. The first-order chi connectivity index (χ1) is 16.9. The van der Waals surface area contributed by atoms with Crippen molar-refractivity contribution in [1.29, 1.82) is 5.26 Å². The van der Waals surface area contributed by atoms with Crippen molar-refractivity contribution in [2.75, 3.05) is 12.0 Å². The normalized spacial score (nSPS) is 15.5. The highest BCUT2D eigenvalue weighted by Gasteiger charge is 2.46. The van der Waals surface area contributed by atoms with Gasteiger partial charge in [0.25, 0.3) is 5.91 Å². The first-order valence-corrected chi connectivity index (χ1v) is 11.4. The summed E-state index contributed by atoms with van der Waals surface area (Å²) < 4.78 is 12.1. The number of ether oxygens (including phenoxy) is 1. The summed E-state index contributed by atoms with van der Waals surface area (Å²) in [5.74, 6) is -1.59. The van der Waals surface area contributed by atoms with Gasteiger partial charge in [-0.15, -0.1) is 0 Å². The minimum Gasteiger partial charge on any atom is -0.503 e. The van der Waals surface area contributed by atoms with E-state index in [1.807, 2.05) is 12.1 Å². The number of aliphatic hydroxyl groups excluding tert-OH is 1. The fraction of sp³-hybridized carbons (Fsp3) is 0.0741. The number of carbonyl (C=O) groups is 2. The highest BCUT2D eigenvalue weighted by Crippen LogP contribution is 2.45. The Morgan fingerprint density at radius 3 is 2.57 bits per heavy atom. The molecule has 1 N–H and O–H groups in total. The summed E-state index contributed by atoms with van der Waals surface area (Å²) in [6.07, 6.45) is 0. The van der Waals surface area contributed by atoms with Gasteiger partial charge in [-0.05, 0) is 54.6 Å². The van der Waals surface area contributed by atoms with Crippen molar-refractivity contribution < 1.29 is 23.8 Å². The van der Waals surface area contributed by atoms with Gasteiger partial charge in [-0.1, -0.05) is 34.1 Å². The van der Waals surface area contributed by atoms with Gasteiger partial charge >= 0.3 is 0 Å². The lowest BCUT2D eigenvalue weighted by Crippen LogP contribution is -2.31. The highest BCUT2D eigenvalue weighted by atomic mass is 79.9. The summed E-state index contributed by atoms with van der Waals surface area (Å²) in [6.45, 7) is 0. The molecule has 1 aliphatic rings. The van der Waals surface area contributed by atoms with Gasteiger partial charge in [-0.2, -0.15) is 5.26 Å². The van der Waals surface area contributed by atoms with Crippen LogP contribution in [-0.4, -0.2) is 23.9 Å². The molecule has 0 saturated carbocycles. The lowest BCUT2D eigenvalue weighted by molar-refractivity contribution is -0.117. The number of benzene rings is 3. The molecular formula is C27H17BrN2O5. The lowest BCUT2D eigenvalue weighted by Gasteiger charge is -2.27. The Hall–Kier alpha value is -4.35. The Morgan fingerprint density at radius 2 is 1.86 bits per heavy atom. The molecule has 1 atom stereocenters. The molecule has 172 valence electrons. The number of anilines is 1. The van der Waals surface area contributed by atoms with Gasteiger partial charge in [0, 0.05) is 21.1 Å². The number of hydrogen-bond donors (Lipinski definition) is 1. The average molecular weight is 529 g/mol. The Kier molecular flexibility index (Phi) is 5.63. The smallest absolute Gasteiger partial charge is 0.294 e. The average Bonchev–Trinajstić information content (AvgIpc) is 3.42. The van der Waals surface area contributed by atoms with E-state index in [1.54, 1.807) is 66.7 Å². The molecular weight excluding hydrogens is 512 g/mol. The second kappa shape index (κ2) is 8.78. The first kappa shape index (κ1) is 22.4. The highest BCUT2D eigenvalue weighted by molar-refractivity contribution is 9.10. The number of nitriles is 1. The molecule has 2 heterocycles. The molecule has 0 fully saturated rings. The zero-order valence-corrected chi connectivity index (χ0v) is 19.9. The topological polar surface area (TPSA) is 104 Å². The van der Waals surface area contributed by atoms with Crippen molar-refractivity contribution in [2.24, 2.45) is 0 Å². The molecule has 7 nitrogen and oxygen atoms in total. The molecule has 35 heavy (non-hydrogen) atoms. The van der Waals surface area contributed by atoms with Gasteiger partial charge in [0.2, 0.25) is 5.78 Å². The number of aliphatic hydroxyl groups is 1. The van der Waals surface area contributed by atoms with Crippen LogP contribution in [-0.2, 0) is 4.79 Å². The van der Waals surface area contributed by atoms with Crippen LogP contribution in [0.15, 0.2) is 93.0 Å². The van der Waals surface area contributed by atoms with E-state index in [0.29, 0.717) is 33.5 Å². The number of halogens is 1. The second-order valence-corrected chi connectivity index (χ2v) is 8.78. The van der Waals surface area contributed by atoms with Crippen molar-refractivity contribution in [3.63, 3.8) is 0 Å². The summed E-state index contributed by atoms with van der Waals surface area (Å²) in [7, 11) is 1.49. The van der Waals surface area contributed by atoms with Gasteiger partial charge in [0.1, 0.15) is 11.3 Å². The SMILES string of the molecule is COc1ccccc1C1C(C(=O)c2cc3cc(Br)ccc3o2)=C(O)C(=O)N1c1ccc(C#N)cc1. The van der Waals surface area contributed by atoms with Gasteiger partial charge in [-0.3, -0.25) is 14.5 Å². The largest absolute Gasteiger partial charge is 0.503 e. The van der Waals surface area contributed by atoms with Crippen LogP contribution in [0, 0.1) is 11.3 Å². The van der Waals surface area contributed by atoms with Crippen molar-refractivity contribution in [1.82, 2.24) is 0 Å². The van der Waals surface area contributed by atoms with Crippen LogP contribution in [0.2, 0.25) is 0 Å². The Balaban J connectivity index is 1.68. The number of methoxy groups -OCH3 is 1. The van der Waals surface area contributed by atoms with Crippen molar-refractivity contribution >= 4 is 44.3 Å². The minimum atomic E-state index is -0.987. The standard InChI is InChI=1S/C27H17BrN2O5/c1-34-21-5-3-2-4-19(21)24-23(25(31)22-13-16-12-17(28)8-11-20(16)35-22)26(32)27(33)30(24)18-9-6-15(14-29)7-10-18/h2-13,24,32H,1H3. The molecule has 0 bridgehead atoms. The molecule has 0 aliphatic carbocycles. The monoisotopic (exact) mass is 528 g/mol. The van der Waals surface area contributed by atoms with Crippen molar-refractivity contribution in [3.05, 3.63) is 105 Å². The maximum absolute atomic E-state index is 13.7. The molecule has 1 aliphatic heterocycles. The van der Waals surface area contributed by atoms with Crippen molar-refractivity contribution in [3.8, 4) is 11.8 Å². The zero-order valence-electron chi connectivity index (χ0n) is 18.4. The van der Waals surface area contributed by atoms with Crippen LogP contribution in [0.4, 0.5) is 5.69 Å². The Morgan fingerprint density at radius 1 is 1.11 bits per heavy atom. The number of para-hydroxylation sites is 1. The second-order valence-electron chi connectivity index (χ2n) is 7.86. The molecule has 0 saturated heterocycles. The Labute approximate surface area is 208 Å². The summed E-state index contributed by atoms with van der Waals surface area (Å²) in [4.78, 5) is 28.4. The minimum absolute atomic E-state index is 0.00553. The summed E-state index contributed by atoms with van der Waals surface area (Å²) in [5.41, 5.74) is 1.71. The van der Waals surface area contributed by atoms with Crippen LogP contribution >= 0.6 is 15.9 Å². The summed E-state index contributed by atoms with van der Waals surface area (Å²) >= 11 is 3.40. The number of nitrogens with zero attached hydrogens (tertiary/aromatic N) is 2. The van der Waals surface area contributed by atoms with E-state index in [0.717, 1.165) is 4.47 Å². The van der Waals surface area contributed by atoms with E-state index in [-0.39, 0.29) is 11.3 Å². The summed E-state index contributed by atoms with van der Waals surface area (Å²) in [6, 6.07) is 21.3. The number of fused-ring (bicyclic) bond motifs is 1. The van der Waals surface area contributed by atoms with E-state index in [1.165, 1.54) is 12.0 Å². The number of hydrogen-bond acceptors (Lipinski definition) is 6. The number of amides is 1. The number of ketones is 1. The van der Waals surface area contributed by atoms with Crippen LogP contribution in [0.5, 0.6) is 5.75 Å². The molecule has 1 unspecified atom stereocenters. The van der Waals surface area contributed by atoms with Gasteiger partial charge in [-0.25, -0.2) is 0 Å². The third kappa shape index (κ3) is 3.76. The molecule has 5 rings (SSSR count). The predicted octanol–water partition coefficient (Wildman–Crippen LogP) is 5.86. The van der Waals surface area contributed by atoms with E-state index in [9.17, 15) is 14.7 Å². The molecule has 4 aromatic rings. The van der Waals surface area contributed by atoms with Crippen LogP contribution in [0.1, 0.15) is 27.7 Å². The van der Waals surface area contributed by atoms with Crippen LogP contribution in [0.25, 0.3) is 11.0 Å². The van der Waals surface area contributed by atoms with Gasteiger partial charge < -0.3 is 14.3 Å². The quantitative estimate of drug-likeness (QED) is 0.325. The van der Waals surface area contributed by atoms with Crippen molar-refractivity contribution in [2.45, 2.75) is 6.04 Å². The fourth-order valence-corrected chi connectivity index (χ4v) is 4.62. The lowest BCUT2D eigenvalue weighted by atomic mass is 9.94. The molecule has 1 aromatic heterocycles. The number of rotatable bonds is 5.